The number of hydrogen-bond acceptors (Lipinski definition) is 3. The molecular formula is C18H19FN4O3. The summed E-state index contributed by atoms with van der Waals surface area (Å²) in [5.74, 6) is -2.25. The number of nitrogens with one attached hydrogen (secondary N) is 3. The second-order valence-electron chi connectivity index (χ2n) is 5.81. The van der Waals surface area contributed by atoms with Crippen molar-refractivity contribution in [2.75, 3.05) is 10.6 Å². The molecule has 0 saturated heterocycles. The summed E-state index contributed by atoms with van der Waals surface area (Å²) in [6.07, 6.45) is 0. The molecule has 0 unspecified atom stereocenters. The predicted octanol–water partition coefficient (Wildman–Crippen LogP) is 2.71. The van der Waals surface area contributed by atoms with Gasteiger partial charge in [-0.3, -0.25) is 9.59 Å². The highest BCUT2D eigenvalue weighted by Crippen LogP contribution is 2.19. The van der Waals surface area contributed by atoms with Crippen LogP contribution in [0.4, 0.5) is 20.6 Å². The zero-order chi connectivity index (χ0) is 19.3. The van der Waals surface area contributed by atoms with Crippen LogP contribution < -0.4 is 21.7 Å². The van der Waals surface area contributed by atoms with Crippen LogP contribution >= 0.6 is 0 Å². The number of urea groups is 1. The Kier molecular flexibility index (Phi) is 5.90. The number of amides is 4. The molecule has 26 heavy (non-hydrogen) atoms. The fourth-order valence-electron chi connectivity index (χ4n) is 2.20. The summed E-state index contributed by atoms with van der Waals surface area (Å²) in [5.41, 5.74) is 5.48. The summed E-state index contributed by atoms with van der Waals surface area (Å²) in [6, 6.07) is 9.40. The monoisotopic (exact) mass is 358 g/mol. The third-order valence-electron chi connectivity index (χ3n) is 3.33. The fraction of sp³-hybridized carbons (Fsp3) is 0.167. The lowest BCUT2D eigenvalue weighted by atomic mass is 10.1. The number of carbonyl (C=O) groups excluding carboxylic acids is 3. The van der Waals surface area contributed by atoms with Gasteiger partial charge in [0.25, 0.3) is 11.8 Å². The Morgan fingerprint density at radius 1 is 1.00 bits per heavy atom. The second kappa shape index (κ2) is 8.11. The van der Waals surface area contributed by atoms with Crippen LogP contribution in [0.5, 0.6) is 0 Å². The number of primary amides is 1. The summed E-state index contributed by atoms with van der Waals surface area (Å²) in [7, 11) is 0. The first-order valence-electron chi connectivity index (χ1n) is 7.85. The van der Waals surface area contributed by atoms with E-state index in [2.05, 4.69) is 16.0 Å². The first kappa shape index (κ1) is 18.9. The largest absolute Gasteiger partial charge is 0.366 e. The molecule has 5 N–H and O–H groups in total. The Bertz CT molecular complexity index is 852. The maximum atomic E-state index is 13.5. The molecule has 0 aliphatic heterocycles. The summed E-state index contributed by atoms with van der Waals surface area (Å²) < 4.78 is 13.5. The van der Waals surface area contributed by atoms with Crippen LogP contribution in [0.2, 0.25) is 0 Å². The van der Waals surface area contributed by atoms with E-state index in [1.807, 2.05) is 13.8 Å². The lowest BCUT2D eigenvalue weighted by Gasteiger charge is -2.14. The average molecular weight is 358 g/mol. The van der Waals surface area contributed by atoms with Crippen molar-refractivity contribution < 1.29 is 18.8 Å². The Balaban J connectivity index is 2.21. The van der Waals surface area contributed by atoms with Crippen molar-refractivity contribution in [2.24, 2.45) is 5.73 Å². The lowest BCUT2D eigenvalue weighted by Crippen LogP contribution is -2.34. The van der Waals surface area contributed by atoms with Crippen molar-refractivity contribution >= 4 is 29.2 Å². The number of anilines is 2. The Morgan fingerprint density at radius 2 is 1.69 bits per heavy atom. The van der Waals surface area contributed by atoms with Gasteiger partial charge in [-0.2, -0.15) is 0 Å². The lowest BCUT2D eigenvalue weighted by molar-refractivity contribution is 0.0992. The zero-order valence-electron chi connectivity index (χ0n) is 14.3. The minimum absolute atomic E-state index is 0.0672. The van der Waals surface area contributed by atoms with Crippen molar-refractivity contribution in [1.29, 1.82) is 0 Å². The minimum atomic E-state index is -0.939. The summed E-state index contributed by atoms with van der Waals surface area (Å²) in [4.78, 5) is 35.6. The molecule has 2 aromatic carbocycles. The predicted molar refractivity (Wildman–Crippen MR) is 96.6 cm³/mol. The molecule has 0 fully saturated rings. The molecule has 0 heterocycles. The van der Waals surface area contributed by atoms with E-state index in [0.717, 1.165) is 12.1 Å². The van der Waals surface area contributed by atoms with Gasteiger partial charge in [-0.25, -0.2) is 9.18 Å². The van der Waals surface area contributed by atoms with Gasteiger partial charge in [-0.1, -0.05) is 12.1 Å². The molecule has 2 rings (SSSR count). The van der Waals surface area contributed by atoms with E-state index in [4.69, 9.17) is 5.73 Å². The number of benzene rings is 2. The smallest absolute Gasteiger partial charge is 0.319 e. The van der Waals surface area contributed by atoms with Crippen LogP contribution in [0.3, 0.4) is 0 Å². The van der Waals surface area contributed by atoms with E-state index >= 15 is 0 Å². The quantitative estimate of drug-likeness (QED) is 0.659. The van der Waals surface area contributed by atoms with Crippen LogP contribution in [0.25, 0.3) is 0 Å². The van der Waals surface area contributed by atoms with Gasteiger partial charge >= 0.3 is 6.03 Å². The van der Waals surface area contributed by atoms with Crippen LogP contribution in [-0.2, 0) is 0 Å². The normalized spacial score (nSPS) is 10.3. The van der Waals surface area contributed by atoms with E-state index in [-0.39, 0.29) is 22.9 Å². The number of halogens is 1. The SMILES string of the molecule is CC(C)NC(=O)Nc1ccccc1C(=O)Nc1ccc(F)c(C(N)=O)c1. The summed E-state index contributed by atoms with van der Waals surface area (Å²) in [6.45, 7) is 3.62. The first-order chi connectivity index (χ1) is 12.3. The first-order valence-corrected chi connectivity index (χ1v) is 7.85. The van der Waals surface area contributed by atoms with Gasteiger partial charge < -0.3 is 21.7 Å². The highest BCUT2D eigenvalue weighted by atomic mass is 19.1. The van der Waals surface area contributed by atoms with Gasteiger partial charge in [0.2, 0.25) is 0 Å². The molecule has 0 radical (unpaired) electrons. The third-order valence-corrected chi connectivity index (χ3v) is 3.33. The third kappa shape index (κ3) is 4.79. The molecule has 8 heteroatoms. The van der Waals surface area contributed by atoms with Crippen LogP contribution in [-0.4, -0.2) is 23.9 Å². The van der Waals surface area contributed by atoms with Gasteiger partial charge in [-0.15, -0.1) is 0 Å². The molecule has 0 saturated carbocycles. The van der Waals surface area contributed by atoms with Crippen LogP contribution in [0.15, 0.2) is 42.5 Å². The highest BCUT2D eigenvalue weighted by molar-refractivity contribution is 6.10. The minimum Gasteiger partial charge on any atom is -0.366 e. The number of nitrogens with two attached hydrogens (primary N) is 1. The van der Waals surface area contributed by atoms with Crippen molar-refractivity contribution in [3.63, 3.8) is 0 Å². The van der Waals surface area contributed by atoms with Crippen molar-refractivity contribution in [3.05, 3.63) is 59.4 Å². The van der Waals surface area contributed by atoms with Gasteiger partial charge in [0.1, 0.15) is 5.82 Å². The van der Waals surface area contributed by atoms with E-state index in [0.29, 0.717) is 5.69 Å². The molecule has 7 nitrogen and oxygen atoms in total. The van der Waals surface area contributed by atoms with E-state index < -0.39 is 23.7 Å². The molecule has 0 bridgehead atoms. The van der Waals surface area contributed by atoms with Crippen molar-refractivity contribution in [3.8, 4) is 0 Å². The number of carbonyl (C=O) groups is 3. The summed E-state index contributed by atoms with van der Waals surface area (Å²) in [5, 5.41) is 7.81. The number of hydrogen-bond donors (Lipinski definition) is 4. The number of para-hydroxylation sites is 1. The van der Waals surface area contributed by atoms with Gasteiger partial charge in [0, 0.05) is 11.7 Å². The Hall–Kier alpha value is -3.42. The standard InChI is InChI=1S/C18H19FN4O3/c1-10(2)21-18(26)23-15-6-4-3-5-12(15)17(25)22-11-7-8-14(19)13(9-11)16(20)24/h3-10H,1-2H3,(H2,20,24)(H,22,25)(H2,21,23,26). The van der Waals surface area contributed by atoms with Crippen LogP contribution in [0, 0.1) is 5.82 Å². The second-order valence-corrected chi connectivity index (χ2v) is 5.81. The molecule has 0 atom stereocenters. The van der Waals surface area contributed by atoms with E-state index in [1.54, 1.807) is 18.2 Å². The molecule has 0 aliphatic carbocycles. The molecule has 0 aliphatic rings. The Morgan fingerprint density at radius 3 is 2.35 bits per heavy atom. The topological polar surface area (TPSA) is 113 Å². The maximum absolute atomic E-state index is 13.5. The van der Waals surface area contributed by atoms with Gasteiger partial charge in [-0.05, 0) is 44.2 Å². The van der Waals surface area contributed by atoms with E-state index in [9.17, 15) is 18.8 Å². The van der Waals surface area contributed by atoms with Crippen molar-refractivity contribution in [1.82, 2.24) is 5.32 Å². The van der Waals surface area contributed by atoms with E-state index in [1.165, 1.54) is 12.1 Å². The van der Waals surface area contributed by atoms with Crippen LogP contribution in [0.1, 0.15) is 34.6 Å². The van der Waals surface area contributed by atoms with Gasteiger partial charge in [0.05, 0.1) is 16.8 Å². The molecule has 0 aromatic heterocycles. The van der Waals surface area contributed by atoms with Crippen molar-refractivity contribution in [2.45, 2.75) is 19.9 Å². The molecule has 4 amide bonds. The molecule has 2 aromatic rings. The Labute approximate surface area is 149 Å². The fourth-order valence-corrected chi connectivity index (χ4v) is 2.20. The number of rotatable bonds is 5. The van der Waals surface area contributed by atoms with Gasteiger partial charge in [0.15, 0.2) is 0 Å². The average Bonchev–Trinajstić information content (AvgIpc) is 2.56. The molecule has 136 valence electrons. The molecular weight excluding hydrogens is 339 g/mol. The maximum Gasteiger partial charge on any atom is 0.319 e. The molecule has 0 spiro atoms. The summed E-state index contributed by atoms with van der Waals surface area (Å²) >= 11 is 0. The highest BCUT2D eigenvalue weighted by Gasteiger charge is 2.15. The zero-order valence-corrected chi connectivity index (χ0v) is 14.3.